The summed E-state index contributed by atoms with van der Waals surface area (Å²) >= 11 is 1.65. The van der Waals surface area contributed by atoms with Gasteiger partial charge in [-0.2, -0.15) is 0 Å². The second kappa shape index (κ2) is 4.79. The van der Waals surface area contributed by atoms with Gasteiger partial charge in [-0.25, -0.2) is 0 Å². The molecule has 0 saturated heterocycles. The highest BCUT2D eigenvalue weighted by molar-refractivity contribution is 7.10. The van der Waals surface area contributed by atoms with Gasteiger partial charge in [0.2, 0.25) is 0 Å². The van der Waals surface area contributed by atoms with Gasteiger partial charge in [0.25, 0.3) is 5.01 Å². The van der Waals surface area contributed by atoms with Gasteiger partial charge < -0.3 is 22.1 Å². The Morgan fingerprint density at radius 3 is 2.55 bits per heavy atom. The third-order valence-corrected chi connectivity index (χ3v) is 2.12. The normalized spacial score (nSPS) is 9.36. The first-order valence-corrected chi connectivity index (χ1v) is 4.00. The molecule has 0 saturated carbocycles. The van der Waals surface area contributed by atoms with Gasteiger partial charge in [0.05, 0.1) is 0 Å². The van der Waals surface area contributed by atoms with Gasteiger partial charge in [0.15, 0.2) is 11.6 Å². The van der Waals surface area contributed by atoms with Crippen LogP contribution in [0.25, 0.3) is 0 Å². The van der Waals surface area contributed by atoms with Crippen molar-refractivity contribution in [3.8, 4) is 0 Å². The van der Waals surface area contributed by atoms with Gasteiger partial charge in [-0.1, -0.05) is 16.0 Å². The predicted molar refractivity (Wildman–Crippen MR) is 38.9 cm³/mol. The lowest BCUT2D eigenvalue weighted by Gasteiger charge is -1.83. The van der Waals surface area contributed by atoms with E-state index in [1.807, 2.05) is 18.5 Å². The third kappa shape index (κ3) is 2.84. The van der Waals surface area contributed by atoms with E-state index in [1.54, 1.807) is 11.3 Å². The fourth-order valence-corrected chi connectivity index (χ4v) is 1.63. The summed E-state index contributed by atoms with van der Waals surface area (Å²) in [6, 6.07) is 0. The molecule has 1 rings (SSSR count). The Morgan fingerprint density at radius 1 is 1.55 bits per heavy atom. The lowest BCUT2D eigenvalue weighted by molar-refractivity contribution is -0.755. The molecule has 1 aromatic heterocycles. The third-order valence-electron chi connectivity index (χ3n) is 1.23. The van der Waals surface area contributed by atoms with Crippen LogP contribution >= 0.6 is 11.3 Å². The standard InChI is InChI=1S/C6H11N2OS.BrH/c1-5-7-8(3-4-9)6(2)10-5;/h9H,3-4H2,1-2H3;1H/q+1;/p-1. The number of nitrogens with zero attached hydrogens (tertiary/aromatic N) is 2. The minimum Gasteiger partial charge on any atom is -1.00 e. The smallest absolute Gasteiger partial charge is 0.262 e. The first-order chi connectivity index (χ1) is 4.74. The summed E-state index contributed by atoms with van der Waals surface area (Å²) in [5.74, 6) is 0. The topological polar surface area (TPSA) is 37.0 Å². The van der Waals surface area contributed by atoms with Crippen LogP contribution in [0.15, 0.2) is 0 Å². The quantitative estimate of drug-likeness (QED) is 0.560. The average Bonchev–Trinajstić information content (AvgIpc) is 2.13. The molecular formula is C6H11BrN2OS. The van der Waals surface area contributed by atoms with E-state index in [-0.39, 0.29) is 23.6 Å². The molecule has 0 fully saturated rings. The molecule has 0 aliphatic heterocycles. The molecule has 3 nitrogen and oxygen atoms in total. The molecule has 0 unspecified atom stereocenters. The molecule has 0 spiro atoms. The second-order valence-electron chi connectivity index (χ2n) is 2.09. The number of aliphatic hydroxyl groups excluding tert-OH is 1. The first kappa shape index (κ1) is 11.0. The minimum atomic E-state index is 0. The van der Waals surface area contributed by atoms with Crippen LogP contribution in [0.1, 0.15) is 10.0 Å². The fourth-order valence-electron chi connectivity index (χ4n) is 0.829. The van der Waals surface area contributed by atoms with E-state index in [0.29, 0.717) is 6.54 Å². The number of aliphatic hydroxyl groups is 1. The molecule has 0 radical (unpaired) electrons. The highest BCUT2D eigenvalue weighted by Gasteiger charge is 2.10. The molecular weight excluding hydrogens is 228 g/mol. The monoisotopic (exact) mass is 238 g/mol. The van der Waals surface area contributed by atoms with Crippen LogP contribution in [-0.2, 0) is 6.54 Å². The van der Waals surface area contributed by atoms with E-state index in [1.165, 1.54) is 0 Å². The molecule has 0 atom stereocenters. The highest BCUT2D eigenvalue weighted by atomic mass is 79.9. The summed E-state index contributed by atoms with van der Waals surface area (Å²) in [4.78, 5) is 0. The molecule has 0 bridgehead atoms. The summed E-state index contributed by atoms with van der Waals surface area (Å²) in [7, 11) is 0. The van der Waals surface area contributed by atoms with Crippen LogP contribution in [-0.4, -0.2) is 16.8 Å². The van der Waals surface area contributed by atoms with Gasteiger partial charge in [-0.15, -0.1) is 0 Å². The van der Waals surface area contributed by atoms with Crippen LogP contribution in [0.3, 0.4) is 0 Å². The number of aromatic nitrogens is 2. The maximum atomic E-state index is 8.60. The lowest BCUT2D eigenvalue weighted by atomic mass is 10.7. The van der Waals surface area contributed by atoms with Crippen LogP contribution in [0, 0.1) is 13.8 Å². The van der Waals surface area contributed by atoms with Crippen LogP contribution < -0.4 is 21.7 Å². The van der Waals surface area contributed by atoms with Crippen LogP contribution in [0.5, 0.6) is 0 Å². The average molecular weight is 239 g/mol. The maximum absolute atomic E-state index is 8.60. The van der Waals surface area contributed by atoms with E-state index >= 15 is 0 Å². The van der Waals surface area contributed by atoms with E-state index in [0.717, 1.165) is 10.0 Å². The summed E-state index contributed by atoms with van der Waals surface area (Å²) in [6.45, 7) is 4.73. The summed E-state index contributed by atoms with van der Waals surface area (Å²) < 4.78 is 1.82. The Labute approximate surface area is 80.5 Å². The van der Waals surface area contributed by atoms with Crippen molar-refractivity contribution in [1.29, 1.82) is 0 Å². The zero-order valence-electron chi connectivity index (χ0n) is 6.54. The number of halogens is 1. The molecule has 64 valence electrons. The maximum Gasteiger partial charge on any atom is 0.262 e. The Hall–Kier alpha value is -0.000000000000000111. The Bertz CT molecular complexity index is 226. The van der Waals surface area contributed by atoms with E-state index < -0.39 is 0 Å². The van der Waals surface area contributed by atoms with Crippen molar-refractivity contribution in [2.75, 3.05) is 6.61 Å². The molecule has 5 heteroatoms. The fraction of sp³-hybridized carbons (Fsp3) is 0.667. The van der Waals surface area contributed by atoms with Crippen molar-refractivity contribution >= 4 is 11.3 Å². The molecule has 1 N–H and O–H groups in total. The van der Waals surface area contributed by atoms with Gasteiger partial charge in [0.1, 0.15) is 6.61 Å². The van der Waals surface area contributed by atoms with Gasteiger partial charge >= 0.3 is 0 Å². The largest absolute Gasteiger partial charge is 1.00 e. The van der Waals surface area contributed by atoms with Crippen molar-refractivity contribution in [2.24, 2.45) is 0 Å². The molecule has 0 aliphatic carbocycles. The minimum absolute atomic E-state index is 0. The number of rotatable bonds is 2. The van der Waals surface area contributed by atoms with Gasteiger partial charge in [-0.3, -0.25) is 0 Å². The molecule has 0 aromatic carbocycles. The second-order valence-corrected chi connectivity index (χ2v) is 3.47. The molecule has 11 heavy (non-hydrogen) atoms. The van der Waals surface area contributed by atoms with Crippen molar-refractivity contribution < 1.29 is 26.8 Å². The summed E-state index contributed by atoms with van der Waals surface area (Å²) in [5.41, 5.74) is 0. The van der Waals surface area contributed by atoms with Crippen LogP contribution in [0.2, 0.25) is 0 Å². The Kier molecular flexibility index (Phi) is 4.79. The van der Waals surface area contributed by atoms with E-state index in [9.17, 15) is 0 Å². The van der Waals surface area contributed by atoms with Crippen molar-refractivity contribution in [1.82, 2.24) is 5.10 Å². The summed E-state index contributed by atoms with van der Waals surface area (Å²) in [5, 5.41) is 15.0. The van der Waals surface area contributed by atoms with Crippen molar-refractivity contribution in [3.63, 3.8) is 0 Å². The van der Waals surface area contributed by atoms with E-state index in [2.05, 4.69) is 5.10 Å². The zero-order chi connectivity index (χ0) is 7.56. The van der Waals surface area contributed by atoms with Gasteiger partial charge in [0, 0.05) is 12.0 Å². The number of hydrogen-bond acceptors (Lipinski definition) is 3. The Balaban J connectivity index is 0.000001000. The molecule has 1 heterocycles. The number of hydrogen-bond donors (Lipinski definition) is 1. The van der Waals surface area contributed by atoms with Crippen molar-refractivity contribution in [2.45, 2.75) is 20.4 Å². The van der Waals surface area contributed by atoms with Gasteiger partial charge in [-0.05, 0) is 6.92 Å². The highest BCUT2D eigenvalue weighted by Crippen LogP contribution is 2.03. The lowest BCUT2D eigenvalue weighted by Crippen LogP contribution is -3.00. The van der Waals surface area contributed by atoms with Crippen molar-refractivity contribution in [3.05, 3.63) is 10.0 Å². The zero-order valence-corrected chi connectivity index (χ0v) is 8.94. The van der Waals surface area contributed by atoms with E-state index in [4.69, 9.17) is 5.11 Å². The van der Waals surface area contributed by atoms with Crippen LogP contribution in [0.4, 0.5) is 0 Å². The Morgan fingerprint density at radius 2 is 2.18 bits per heavy atom. The molecule has 1 aromatic rings. The molecule has 0 aliphatic rings. The summed E-state index contributed by atoms with van der Waals surface area (Å²) in [6.07, 6.45) is 0. The molecule has 0 amide bonds. The predicted octanol–water partition coefficient (Wildman–Crippen LogP) is -2.96. The SMILES string of the molecule is Cc1n[n+](CCO)c(C)s1.[Br-]. The first-order valence-electron chi connectivity index (χ1n) is 3.19. The number of aryl methyl sites for hydroxylation is 2.